The molecule has 7 heteroatoms. The van der Waals surface area contributed by atoms with Crippen molar-refractivity contribution in [3.63, 3.8) is 0 Å². The van der Waals surface area contributed by atoms with Gasteiger partial charge in [0.15, 0.2) is 0 Å². The van der Waals surface area contributed by atoms with Crippen molar-refractivity contribution in [2.75, 3.05) is 46.4 Å². The molecular formula is C30H37N3O4. The van der Waals surface area contributed by atoms with Gasteiger partial charge in [-0.05, 0) is 72.4 Å². The molecule has 2 aromatic carbocycles. The predicted molar refractivity (Wildman–Crippen MR) is 140 cm³/mol. The lowest BCUT2D eigenvalue weighted by molar-refractivity contribution is 0.0492. The molecule has 1 saturated carbocycles. The molecule has 2 unspecified atom stereocenters. The van der Waals surface area contributed by atoms with Gasteiger partial charge < -0.3 is 19.6 Å². The van der Waals surface area contributed by atoms with E-state index in [1.54, 1.807) is 18.1 Å². The van der Waals surface area contributed by atoms with E-state index in [-0.39, 0.29) is 11.8 Å². The summed E-state index contributed by atoms with van der Waals surface area (Å²) in [5, 5.41) is 10.8. The molecule has 1 aliphatic carbocycles. The number of methoxy groups -OCH3 is 1. The fourth-order valence-corrected chi connectivity index (χ4v) is 6.95. The Kier molecular flexibility index (Phi) is 6.78. The molecule has 2 aromatic rings. The van der Waals surface area contributed by atoms with Gasteiger partial charge in [-0.2, -0.15) is 0 Å². The summed E-state index contributed by atoms with van der Waals surface area (Å²) in [4.78, 5) is 32.5. The lowest BCUT2D eigenvalue weighted by atomic mass is 9.95. The Labute approximate surface area is 219 Å². The van der Waals surface area contributed by atoms with Gasteiger partial charge in [0.1, 0.15) is 0 Å². The van der Waals surface area contributed by atoms with Gasteiger partial charge in [0, 0.05) is 64.0 Å². The standard InChI is InChI=1S/C30H37N3O4/c1-37-27-13-24-16-33(17-25(24)14-27)29(35)22-6-7-28-21(12-22)9-11-32(30(28)36)19-26(34)18-31-10-8-20-4-2-3-5-23(20)15-31/h2-7,12,24-27,34H,8-11,13-19H2,1H3/t24-,25+,26?,27?. The van der Waals surface area contributed by atoms with Gasteiger partial charge in [0.2, 0.25) is 0 Å². The fraction of sp³-hybridized carbons (Fsp3) is 0.533. The zero-order valence-electron chi connectivity index (χ0n) is 21.6. The number of nitrogens with zero attached hydrogens (tertiary/aromatic N) is 3. The monoisotopic (exact) mass is 503 g/mol. The van der Waals surface area contributed by atoms with Crippen molar-refractivity contribution in [3.8, 4) is 0 Å². The Balaban J connectivity index is 1.05. The number of fused-ring (bicyclic) bond motifs is 3. The number of hydrogen-bond donors (Lipinski definition) is 1. The molecule has 2 amide bonds. The first kappa shape index (κ1) is 24.6. The van der Waals surface area contributed by atoms with Crippen LogP contribution in [-0.2, 0) is 24.1 Å². The van der Waals surface area contributed by atoms with Gasteiger partial charge in [0.05, 0.1) is 12.2 Å². The Morgan fingerprint density at radius 3 is 2.49 bits per heavy atom. The minimum atomic E-state index is -0.594. The van der Waals surface area contributed by atoms with Gasteiger partial charge in [-0.3, -0.25) is 14.5 Å². The van der Waals surface area contributed by atoms with Crippen molar-refractivity contribution in [2.45, 2.75) is 44.4 Å². The summed E-state index contributed by atoms with van der Waals surface area (Å²) in [5.74, 6) is 1.09. The van der Waals surface area contributed by atoms with E-state index >= 15 is 0 Å². The van der Waals surface area contributed by atoms with E-state index < -0.39 is 6.10 Å². The number of carbonyl (C=O) groups excluding carboxylic acids is 2. The third-order valence-corrected chi connectivity index (χ3v) is 8.96. The molecule has 4 atom stereocenters. The highest BCUT2D eigenvalue weighted by atomic mass is 16.5. The van der Waals surface area contributed by atoms with Crippen molar-refractivity contribution in [3.05, 3.63) is 70.3 Å². The van der Waals surface area contributed by atoms with Crippen molar-refractivity contribution in [1.29, 1.82) is 0 Å². The molecule has 6 rings (SSSR count). The quantitative estimate of drug-likeness (QED) is 0.656. The van der Waals surface area contributed by atoms with Crippen LogP contribution in [0.4, 0.5) is 0 Å². The third-order valence-electron chi connectivity index (χ3n) is 8.96. The van der Waals surface area contributed by atoms with Crippen LogP contribution in [0.3, 0.4) is 0 Å². The van der Waals surface area contributed by atoms with Crippen LogP contribution in [-0.4, -0.2) is 90.2 Å². The molecule has 1 N–H and O–H groups in total. The predicted octanol–water partition coefficient (Wildman–Crippen LogP) is 2.60. The molecule has 0 bridgehead atoms. The largest absolute Gasteiger partial charge is 0.390 e. The van der Waals surface area contributed by atoms with Gasteiger partial charge in [0.25, 0.3) is 11.8 Å². The van der Waals surface area contributed by atoms with Crippen LogP contribution >= 0.6 is 0 Å². The number of β-amino-alcohol motifs (C(OH)–C–C–N with tert-alkyl or cyclic N) is 1. The van der Waals surface area contributed by atoms with Crippen molar-refractivity contribution < 1.29 is 19.4 Å². The maximum atomic E-state index is 13.2. The number of benzene rings is 2. The molecule has 1 saturated heterocycles. The van der Waals surface area contributed by atoms with Crippen LogP contribution < -0.4 is 0 Å². The molecule has 196 valence electrons. The van der Waals surface area contributed by atoms with E-state index in [1.165, 1.54) is 11.1 Å². The zero-order chi connectivity index (χ0) is 25.5. The molecule has 37 heavy (non-hydrogen) atoms. The molecular weight excluding hydrogens is 466 g/mol. The molecule has 2 fully saturated rings. The lowest BCUT2D eigenvalue weighted by Gasteiger charge is -2.34. The zero-order valence-corrected chi connectivity index (χ0v) is 21.6. The number of likely N-dealkylation sites (tertiary alicyclic amines) is 1. The van der Waals surface area contributed by atoms with Crippen molar-refractivity contribution >= 4 is 11.8 Å². The third kappa shape index (κ3) is 4.92. The number of amides is 2. The maximum Gasteiger partial charge on any atom is 0.254 e. The van der Waals surface area contributed by atoms with Crippen molar-refractivity contribution in [2.24, 2.45) is 11.8 Å². The highest BCUT2D eigenvalue weighted by Crippen LogP contribution is 2.39. The molecule has 0 aromatic heterocycles. The number of aliphatic hydroxyl groups excluding tert-OH is 1. The Hall–Kier alpha value is -2.74. The minimum Gasteiger partial charge on any atom is -0.390 e. The number of aliphatic hydroxyl groups is 1. The average molecular weight is 504 g/mol. The van der Waals surface area contributed by atoms with Crippen LogP contribution in [0.5, 0.6) is 0 Å². The first-order valence-electron chi connectivity index (χ1n) is 13.7. The summed E-state index contributed by atoms with van der Waals surface area (Å²) >= 11 is 0. The van der Waals surface area contributed by atoms with Gasteiger partial charge in [-0.15, -0.1) is 0 Å². The van der Waals surface area contributed by atoms with Crippen LogP contribution in [0.25, 0.3) is 0 Å². The second kappa shape index (κ2) is 10.2. The van der Waals surface area contributed by atoms with E-state index in [0.717, 1.165) is 51.0 Å². The van der Waals surface area contributed by atoms with Crippen LogP contribution in [0.2, 0.25) is 0 Å². The first-order valence-corrected chi connectivity index (χ1v) is 13.7. The topological polar surface area (TPSA) is 73.3 Å². The first-order chi connectivity index (χ1) is 18.0. The van der Waals surface area contributed by atoms with Crippen LogP contribution in [0, 0.1) is 11.8 Å². The summed E-state index contributed by atoms with van der Waals surface area (Å²) < 4.78 is 5.53. The SMILES string of the molecule is COC1C[C@@H]2CN(C(=O)c3ccc4c(c3)CCN(CC(O)CN3CCc5ccccc5C3)C4=O)C[C@@H]2C1. The van der Waals surface area contributed by atoms with Crippen molar-refractivity contribution in [1.82, 2.24) is 14.7 Å². The minimum absolute atomic E-state index is 0.0513. The molecule has 3 aliphatic heterocycles. The lowest BCUT2D eigenvalue weighted by Crippen LogP contribution is -2.46. The van der Waals surface area contributed by atoms with Crippen LogP contribution in [0.1, 0.15) is 50.2 Å². The molecule has 4 aliphatic rings. The Morgan fingerprint density at radius 1 is 1.00 bits per heavy atom. The highest BCUT2D eigenvalue weighted by Gasteiger charge is 2.42. The number of carbonyl (C=O) groups is 2. The van der Waals surface area contributed by atoms with E-state index in [0.29, 0.717) is 55.1 Å². The van der Waals surface area contributed by atoms with Gasteiger partial charge in [-0.25, -0.2) is 0 Å². The summed E-state index contributed by atoms with van der Waals surface area (Å²) in [6.07, 6.45) is 3.51. The smallest absolute Gasteiger partial charge is 0.254 e. The highest BCUT2D eigenvalue weighted by molar-refractivity contribution is 6.00. The van der Waals surface area contributed by atoms with E-state index in [2.05, 4.69) is 29.2 Å². The normalized spacial score (nSPS) is 26.1. The molecule has 3 heterocycles. The van der Waals surface area contributed by atoms with Crippen LogP contribution in [0.15, 0.2) is 42.5 Å². The van der Waals surface area contributed by atoms with Gasteiger partial charge in [-0.1, -0.05) is 24.3 Å². The van der Waals surface area contributed by atoms with E-state index in [9.17, 15) is 14.7 Å². The number of hydrogen-bond acceptors (Lipinski definition) is 5. The molecule has 0 radical (unpaired) electrons. The molecule has 0 spiro atoms. The fourth-order valence-electron chi connectivity index (χ4n) is 6.95. The Bertz CT molecular complexity index is 1170. The summed E-state index contributed by atoms with van der Waals surface area (Å²) in [5.41, 5.74) is 4.98. The summed E-state index contributed by atoms with van der Waals surface area (Å²) in [6.45, 7) is 4.81. The second-order valence-electron chi connectivity index (χ2n) is 11.3. The molecule has 7 nitrogen and oxygen atoms in total. The van der Waals surface area contributed by atoms with E-state index in [1.807, 2.05) is 17.0 Å². The number of rotatable bonds is 6. The Morgan fingerprint density at radius 2 is 1.73 bits per heavy atom. The van der Waals surface area contributed by atoms with E-state index in [4.69, 9.17) is 4.74 Å². The summed E-state index contributed by atoms with van der Waals surface area (Å²) in [7, 11) is 1.78. The second-order valence-corrected chi connectivity index (χ2v) is 11.3. The van der Waals surface area contributed by atoms with Gasteiger partial charge >= 0.3 is 0 Å². The maximum absolute atomic E-state index is 13.2. The summed E-state index contributed by atoms with van der Waals surface area (Å²) in [6, 6.07) is 14.0. The average Bonchev–Trinajstić information content (AvgIpc) is 3.49. The number of ether oxygens (including phenoxy) is 1.